The number of rotatable bonds is 2. The second-order valence-electron chi connectivity index (χ2n) is 3.40. The van der Waals surface area contributed by atoms with Crippen LogP contribution in [0.2, 0.25) is 0 Å². The Hall–Kier alpha value is -2.00. The van der Waals surface area contributed by atoms with Gasteiger partial charge in [0.25, 0.3) is 0 Å². The summed E-state index contributed by atoms with van der Waals surface area (Å²) in [5, 5.41) is 18.5. The number of carboxylic acids is 1. The first-order chi connectivity index (χ1) is 7.68. The molecule has 0 fully saturated rings. The lowest BCUT2D eigenvalue weighted by molar-refractivity contribution is 0.0697. The number of carbonyl (C=O) groups is 1. The highest BCUT2D eigenvalue weighted by Gasteiger charge is 2.06. The molecule has 0 amide bonds. The van der Waals surface area contributed by atoms with E-state index in [1.54, 1.807) is 36.4 Å². The van der Waals surface area contributed by atoms with Crippen LogP contribution in [-0.2, 0) is 0 Å². The van der Waals surface area contributed by atoms with Gasteiger partial charge in [-0.05, 0) is 23.8 Å². The third-order valence-electron chi connectivity index (χ3n) is 2.32. The maximum Gasteiger partial charge on any atom is 0.335 e. The van der Waals surface area contributed by atoms with Crippen LogP contribution in [0.15, 0.2) is 48.5 Å². The first kappa shape index (κ1) is 13.1. The Labute approximate surface area is 105 Å². The van der Waals surface area contributed by atoms with Gasteiger partial charge >= 0.3 is 5.97 Å². The largest absolute Gasteiger partial charge is 0.507 e. The van der Waals surface area contributed by atoms with Gasteiger partial charge < -0.3 is 10.2 Å². The van der Waals surface area contributed by atoms with Crippen LogP contribution in [0, 0.1) is 0 Å². The molecule has 3 nitrogen and oxygen atoms in total. The molecule has 88 valence electrons. The zero-order valence-corrected chi connectivity index (χ0v) is 9.65. The molecule has 0 saturated heterocycles. The van der Waals surface area contributed by atoms with Crippen molar-refractivity contribution in [2.45, 2.75) is 0 Å². The average molecular weight is 251 g/mol. The fourth-order valence-corrected chi connectivity index (χ4v) is 1.54. The predicted molar refractivity (Wildman–Crippen MR) is 67.8 cm³/mol. The molecule has 0 aliphatic heterocycles. The lowest BCUT2D eigenvalue weighted by Gasteiger charge is -2.05. The molecule has 2 rings (SSSR count). The van der Waals surface area contributed by atoms with Gasteiger partial charge in [-0.3, -0.25) is 0 Å². The summed E-state index contributed by atoms with van der Waals surface area (Å²) in [7, 11) is 0. The minimum Gasteiger partial charge on any atom is -0.507 e. The fraction of sp³-hybridized carbons (Fsp3) is 0. The highest BCUT2D eigenvalue weighted by atomic mass is 35.5. The summed E-state index contributed by atoms with van der Waals surface area (Å²) in [5.41, 5.74) is 1.53. The van der Waals surface area contributed by atoms with Gasteiger partial charge in [0, 0.05) is 5.56 Å². The molecular formula is C13H11ClO3. The first-order valence-corrected chi connectivity index (χ1v) is 4.80. The maximum atomic E-state index is 10.8. The van der Waals surface area contributed by atoms with E-state index in [-0.39, 0.29) is 23.7 Å². The van der Waals surface area contributed by atoms with E-state index in [1.807, 2.05) is 0 Å². The van der Waals surface area contributed by atoms with Crippen molar-refractivity contribution in [2.24, 2.45) is 0 Å². The summed E-state index contributed by atoms with van der Waals surface area (Å²) in [6.07, 6.45) is 0. The van der Waals surface area contributed by atoms with Crippen molar-refractivity contribution in [3.05, 3.63) is 54.1 Å². The first-order valence-electron chi connectivity index (χ1n) is 4.80. The standard InChI is InChI=1S/C13H10O3.ClH/c14-12-7-2-1-6-11(12)9-4-3-5-10(8-9)13(15)16;/h1-8,14H,(H,15,16);1H. The normalized spacial score (nSPS) is 9.41. The summed E-state index contributed by atoms with van der Waals surface area (Å²) < 4.78 is 0. The molecule has 0 heterocycles. The van der Waals surface area contributed by atoms with Gasteiger partial charge in [0.05, 0.1) is 5.56 Å². The second kappa shape index (κ2) is 5.37. The topological polar surface area (TPSA) is 57.5 Å². The number of phenols is 1. The number of halogens is 1. The molecule has 4 heteroatoms. The van der Waals surface area contributed by atoms with Crippen LogP contribution >= 0.6 is 12.4 Å². The smallest absolute Gasteiger partial charge is 0.335 e. The molecule has 0 saturated carbocycles. The molecule has 0 aromatic heterocycles. The molecule has 2 N–H and O–H groups in total. The Morgan fingerprint density at radius 2 is 1.71 bits per heavy atom. The van der Waals surface area contributed by atoms with Gasteiger partial charge in [0.1, 0.15) is 5.75 Å². The highest BCUT2D eigenvalue weighted by molar-refractivity contribution is 5.89. The molecule has 0 bridgehead atoms. The number of hydrogen-bond donors (Lipinski definition) is 2. The Morgan fingerprint density at radius 1 is 1.00 bits per heavy atom. The molecule has 2 aromatic rings. The monoisotopic (exact) mass is 250 g/mol. The predicted octanol–water partition coefficient (Wildman–Crippen LogP) is 3.18. The van der Waals surface area contributed by atoms with Gasteiger partial charge in [-0.25, -0.2) is 4.79 Å². The zero-order chi connectivity index (χ0) is 11.5. The van der Waals surface area contributed by atoms with E-state index in [0.29, 0.717) is 11.1 Å². The van der Waals surface area contributed by atoms with Crippen LogP contribution in [-0.4, -0.2) is 16.2 Å². The summed E-state index contributed by atoms with van der Waals surface area (Å²) >= 11 is 0. The molecule has 0 aliphatic rings. The van der Waals surface area contributed by atoms with Gasteiger partial charge in [-0.15, -0.1) is 12.4 Å². The van der Waals surface area contributed by atoms with E-state index in [2.05, 4.69) is 0 Å². The Balaban J connectivity index is 0.00000144. The van der Waals surface area contributed by atoms with Crippen molar-refractivity contribution in [2.75, 3.05) is 0 Å². The molecule has 0 aliphatic carbocycles. The van der Waals surface area contributed by atoms with E-state index >= 15 is 0 Å². The van der Waals surface area contributed by atoms with E-state index < -0.39 is 5.97 Å². The van der Waals surface area contributed by atoms with Crippen molar-refractivity contribution in [1.82, 2.24) is 0 Å². The molecule has 2 aromatic carbocycles. The third kappa shape index (κ3) is 2.77. The van der Waals surface area contributed by atoms with Gasteiger partial charge in [0.2, 0.25) is 0 Å². The van der Waals surface area contributed by atoms with Crippen LogP contribution in [0.5, 0.6) is 5.75 Å². The van der Waals surface area contributed by atoms with E-state index in [4.69, 9.17) is 5.11 Å². The van der Waals surface area contributed by atoms with Crippen LogP contribution in [0.3, 0.4) is 0 Å². The third-order valence-corrected chi connectivity index (χ3v) is 2.32. The second-order valence-corrected chi connectivity index (χ2v) is 3.40. The fourth-order valence-electron chi connectivity index (χ4n) is 1.54. The number of aromatic hydroxyl groups is 1. The van der Waals surface area contributed by atoms with E-state index in [0.717, 1.165) is 0 Å². The van der Waals surface area contributed by atoms with Crippen molar-refractivity contribution < 1.29 is 15.0 Å². The summed E-state index contributed by atoms with van der Waals surface area (Å²) in [6.45, 7) is 0. The van der Waals surface area contributed by atoms with E-state index in [9.17, 15) is 9.90 Å². The molecule has 0 atom stereocenters. The molecule has 17 heavy (non-hydrogen) atoms. The minimum absolute atomic E-state index is 0. The van der Waals surface area contributed by atoms with Crippen LogP contribution in [0.25, 0.3) is 11.1 Å². The molecule has 0 spiro atoms. The minimum atomic E-state index is -0.975. The number of benzene rings is 2. The Bertz CT molecular complexity index is 538. The van der Waals surface area contributed by atoms with Crippen molar-refractivity contribution in [1.29, 1.82) is 0 Å². The number of hydrogen-bond acceptors (Lipinski definition) is 2. The van der Waals surface area contributed by atoms with Crippen molar-refractivity contribution in [3.8, 4) is 16.9 Å². The van der Waals surface area contributed by atoms with Crippen LogP contribution < -0.4 is 0 Å². The lowest BCUT2D eigenvalue weighted by atomic mass is 10.0. The molecular weight excluding hydrogens is 240 g/mol. The zero-order valence-electron chi connectivity index (χ0n) is 8.83. The average Bonchev–Trinajstić information content (AvgIpc) is 2.30. The SMILES string of the molecule is Cl.O=C(O)c1cccc(-c2ccccc2O)c1. The van der Waals surface area contributed by atoms with Crippen molar-refractivity contribution >= 4 is 18.4 Å². The molecule has 0 unspecified atom stereocenters. The highest BCUT2D eigenvalue weighted by Crippen LogP contribution is 2.28. The van der Waals surface area contributed by atoms with Crippen molar-refractivity contribution in [3.63, 3.8) is 0 Å². The Morgan fingerprint density at radius 3 is 2.35 bits per heavy atom. The summed E-state index contributed by atoms with van der Waals surface area (Å²) in [6, 6.07) is 13.3. The quantitative estimate of drug-likeness (QED) is 0.861. The van der Waals surface area contributed by atoms with Gasteiger partial charge in [-0.1, -0.05) is 30.3 Å². The Kier molecular flexibility index (Phi) is 4.12. The summed E-state index contributed by atoms with van der Waals surface area (Å²) in [5.74, 6) is -0.831. The van der Waals surface area contributed by atoms with Crippen LogP contribution in [0.1, 0.15) is 10.4 Å². The van der Waals surface area contributed by atoms with E-state index in [1.165, 1.54) is 12.1 Å². The maximum absolute atomic E-state index is 10.8. The van der Waals surface area contributed by atoms with Gasteiger partial charge in [0.15, 0.2) is 0 Å². The number of phenolic OH excluding ortho intramolecular Hbond substituents is 1. The number of para-hydroxylation sites is 1. The van der Waals surface area contributed by atoms with Crippen LogP contribution in [0.4, 0.5) is 0 Å². The summed E-state index contributed by atoms with van der Waals surface area (Å²) in [4.78, 5) is 10.8. The number of aromatic carboxylic acids is 1. The molecule has 0 radical (unpaired) electrons. The lowest BCUT2D eigenvalue weighted by Crippen LogP contribution is -1.95. The number of carboxylic acid groups (broad SMARTS) is 1. The van der Waals surface area contributed by atoms with Gasteiger partial charge in [-0.2, -0.15) is 0 Å².